The van der Waals surface area contributed by atoms with Crippen molar-refractivity contribution in [1.82, 2.24) is 20.8 Å². The molecule has 1 aromatic carbocycles. The molecule has 2 amide bonds. The molecule has 0 spiro atoms. The summed E-state index contributed by atoms with van der Waals surface area (Å²) < 4.78 is 38.9. The minimum absolute atomic E-state index is 0.0228. The average Bonchev–Trinajstić information content (AvgIpc) is 3.51. The summed E-state index contributed by atoms with van der Waals surface area (Å²) in [5.74, 6) is -0.795. The van der Waals surface area contributed by atoms with Crippen LogP contribution in [0, 0.1) is 17.7 Å². The Bertz CT molecular complexity index is 1250. The van der Waals surface area contributed by atoms with Crippen LogP contribution in [0.3, 0.4) is 0 Å². The number of fused-ring (bicyclic) bond motifs is 2. The maximum atomic E-state index is 15.6. The second-order valence-electron chi connectivity index (χ2n) is 8.91. The first kappa shape index (κ1) is 22.2. The van der Waals surface area contributed by atoms with Gasteiger partial charge in [0.05, 0.1) is 23.8 Å². The number of nitrogens with two attached hydrogens (primary N) is 1. The molecule has 2 aliphatic rings. The maximum Gasteiger partial charge on any atom is 0.407 e. The summed E-state index contributed by atoms with van der Waals surface area (Å²) in [7, 11) is 0. The topological polar surface area (TPSA) is 132 Å². The van der Waals surface area contributed by atoms with E-state index in [0.717, 1.165) is 5.69 Å². The van der Waals surface area contributed by atoms with E-state index in [0.29, 0.717) is 23.9 Å². The normalized spacial score (nSPS) is 25.9. The van der Waals surface area contributed by atoms with Crippen LogP contribution in [0.4, 0.5) is 13.6 Å². The largest absolute Gasteiger partial charge is 0.441 e. The molecule has 1 saturated carbocycles. The number of pyridine rings is 1. The zero-order valence-electron chi connectivity index (χ0n) is 18.1. The van der Waals surface area contributed by atoms with Crippen LogP contribution in [0.2, 0.25) is 0 Å². The van der Waals surface area contributed by atoms with Gasteiger partial charge in [-0.3, -0.25) is 9.78 Å². The molecule has 3 heterocycles. The highest BCUT2D eigenvalue weighted by molar-refractivity contribution is 5.90. The van der Waals surface area contributed by atoms with Gasteiger partial charge in [-0.25, -0.2) is 13.6 Å². The number of rotatable bonds is 6. The van der Waals surface area contributed by atoms with Crippen LogP contribution in [0.15, 0.2) is 40.9 Å². The molecule has 0 unspecified atom stereocenters. The number of aromatic nitrogens is 2. The van der Waals surface area contributed by atoms with Crippen LogP contribution in [0.25, 0.3) is 10.9 Å². The lowest BCUT2D eigenvalue weighted by molar-refractivity contribution is 0.0989. The van der Waals surface area contributed by atoms with Gasteiger partial charge in [-0.05, 0) is 55.5 Å². The Morgan fingerprint density at radius 2 is 2.12 bits per heavy atom. The Kier molecular flexibility index (Phi) is 5.64. The molecule has 3 aromatic rings. The van der Waals surface area contributed by atoms with Gasteiger partial charge in [0.2, 0.25) is 0 Å². The first-order chi connectivity index (χ1) is 16.3. The summed E-state index contributed by atoms with van der Waals surface area (Å²) in [6.07, 6.45) is -0.225. The number of carbonyl (C=O) groups is 2. The van der Waals surface area contributed by atoms with Crippen LogP contribution < -0.4 is 16.4 Å². The Hall–Kier alpha value is -3.60. The molecule has 0 bridgehead atoms. The van der Waals surface area contributed by atoms with E-state index in [1.165, 1.54) is 18.2 Å². The predicted octanol–water partition coefficient (Wildman–Crippen LogP) is 2.77. The average molecular weight is 471 g/mol. The van der Waals surface area contributed by atoms with E-state index >= 15 is 4.39 Å². The van der Waals surface area contributed by atoms with Gasteiger partial charge in [0.25, 0.3) is 5.91 Å². The minimum atomic E-state index is -1.57. The number of carbonyl (C=O) groups excluding carboxylic acids is 2. The predicted molar refractivity (Wildman–Crippen MR) is 116 cm³/mol. The summed E-state index contributed by atoms with van der Waals surface area (Å²) in [6, 6.07) is 9.27. The van der Waals surface area contributed by atoms with Crippen molar-refractivity contribution in [3.63, 3.8) is 0 Å². The number of alkyl halides is 1. The fourth-order valence-corrected chi connectivity index (χ4v) is 5.01. The molecule has 2 fully saturated rings. The van der Waals surface area contributed by atoms with Gasteiger partial charge in [0.15, 0.2) is 18.1 Å². The highest BCUT2D eigenvalue weighted by Gasteiger charge is 2.52. The van der Waals surface area contributed by atoms with Crippen molar-refractivity contribution < 1.29 is 27.6 Å². The zero-order chi connectivity index (χ0) is 23.9. The highest BCUT2D eigenvalue weighted by atomic mass is 19.1. The van der Waals surface area contributed by atoms with E-state index in [1.54, 1.807) is 6.07 Å². The first-order valence-electron chi connectivity index (χ1n) is 10.9. The number of primary amides is 1. The van der Waals surface area contributed by atoms with E-state index < -0.39 is 17.7 Å². The van der Waals surface area contributed by atoms with Gasteiger partial charge >= 0.3 is 6.09 Å². The Morgan fingerprint density at radius 3 is 2.91 bits per heavy atom. The third-order valence-electron chi connectivity index (χ3n) is 6.56. The van der Waals surface area contributed by atoms with E-state index in [9.17, 15) is 14.0 Å². The van der Waals surface area contributed by atoms with Crippen LogP contribution in [0.1, 0.15) is 40.8 Å². The van der Waals surface area contributed by atoms with E-state index in [1.807, 2.05) is 12.1 Å². The number of alkyl carbamates (subject to hydrolysis) is 1. The molecule has 4 N–H and O–H groups in total. The summed E-state index contributed by atoms with van der Waals surface area (Å²) in [5, 5.41) is 10.1. The number of ether oxygens (including phenoxy) is 1. The first-order valence-corrected chi connectivity index (χ1v) is 10.9. The lowest BCUT2D eigenvalue weighted by Crippen LogP contribution is -2.39. The summed E-state index contributed by atoms with van der Waals surface area (Å²) in [4.78, 5) is 27.7. The van der Waals surface area contributed by atoms with Gasteiger partial charge in [-0.15, -0.1) is 0 Å². The minimum Gasteiger partial charge on any atom is -0.441 e. The number of nitrogens with zero attached hydrogens (tertiary/aromatic N) is 2. The van der Waals surface area contributed by atoms with Crippen LogP contribution in [0.5, 0.6) is 0 Å². The van der Waals surface area contributed by atoms with Crippen LogP contribution in [-0.2, 0) is 11.3 Å². The Morgan fingerprint density at radius 1 is 1.26 bits per heavy atom. The lowest BCUT2D eigenvalue weighted by atomic mass is 9.91. The number of hydrogen-bond acceptors (Lipinski definition) is 7. The fourth-order valence-electron chi connectivity index (χ4n) is 5.01. The highest BCUT2D eigenvalue weighted by Crippen LogP contribution is 2.50. The van der Waals surface area contributed by atoms with Crippen molar-refractivity contribution in [1.29, 1.82) is 0 Å². The van der Waals surface area contributed by atoms with Crippen molar-refractivity contribution in [2.45, 2.75) is 31.2 Å². The zero-order valence-corrected chi connectivity index (χ0v) is 18.1. The van der Waals surface area contributed by atoms with Gasteiger partial charge in [0.1, 0.15) is 11.5 Å². The smallest absolute Gasteiger partial charge is 0.407 e. The molecule has 5 rings (SSSR count). The molecular weight excluding hydrogens is 448 g/mol. The molecule has 11 heteroatoms. The SMILES string of the molecule is NC(=O)c1cc(COC(=O)NC[C@@]2(F)C[C@H]3CN[C@@H](c4ccc5cc(F)ccc5n4)[C@@H]3C2)on1. The molecule has 1 saturated heterocycles. The van der Waals surface area contributed by atoms with Crippen molar-refractivity contribution >= 4 is 22.9 Å². The quantitative estimate of drug-likeness (QED) is 0.504. The van der Waals surface area contributed by atoms with E-state index in [2.05, 4.69) is 20.8 Å². The van der Waals surface area contributed by atoms with Crippen molar-refractivity contribution in [2.24, 2.45) is 17.6 Å². The third kappa shape index (κ3) is 4.43. The molecular formula is C23H23F2N5O4. The summed E-state index contributed by atoms with van der Waals surface area (Å²) >= 11 is 0. The van der Waals surface area contributed by atoms with Gasteiger partial charge < -0.3 is 25.6 Å². The van der Waals surface area contributed by atoms with Crippen LogP contribution in [-0.4, -0.2) is 40.9 Å². The van der Waals surface area contributed by atoms with Crippen molar-refractivity contribution in [2.75, 3.05) is 13.1 Å². The lowest BCUT2D eigenvalue weighted by Gasteiger charge is -2.23. The van der Waals surface area contributed by atoms with E-state index in [-0.39, 0.29) is 54.7 Å². The number of amides is 2. The molecule has 0 radical (unpaired) electrons. The summed E-state index contributed by atoms with van der Waals surface area (Å²) in [5.41, 5.74) is 4.93. The molecule has 178 valence electrons. The Balaban J connectivity index is 1.17. The number of benzene rings is 1. The number of halogens is 2. The monoisotopic (exact) mass is 471 g/mol. The van der Waals surface area contributed by atoms with Gasteiger partial charge in [-0.2, -0.15) is 0 Å². The molecule has 9 nitrogen and oxygen atoms in total. The van der Waals surface area contributed by atoms with Crippen molar-refractivity contribution in [3.05, 3.63) is 59.4 Å². The second-order valence-corrected chi connectivity index (χ2v) is 8.91. The second kappa shape index (κ2) is 8.64. The standard InChI is InChI=1S/C23H23F2N5O4/c24-14-2-4-17-12(5-14)1-3-18(29-17)20-16-8-23(25,7-13(16)9-27-20)11-28-22(32)33-10-15-6-19(21(26)31)30-34-15/h1-6,13,16,20,27H,7-11H2,(H2,26,31)(H,28,32)/t13-,16+,20+,23+/m0/s1. The fraction of sp³-hybridized carbons (Fsp3) is 0.391. The molecule has 1 aliphatic heterocycles. The van der Waals surface area contributed by atoms with Crippen molar-refractivity contribution in [3.8, 4) is 0 Å². The van der Waals surface area contributed by atoms with Gasteiger partial charge in [0, 0.05) is 11.5 Å². The molecule has 1 aliphatic carbocycles. The van der Waals surface area contributed by atoms with E-state index in [4.69, 9.17) is 15.0 Å². The summed E-state index contributed by atoms with van der Waals surface area (Å²) in [6.45, 7) is 0.210. The molecule has 34 heavy (non-hydrogen) atoms. The maximum absolute atomic E-state index is 15.6. The molecule has 2 aromatic heterocycles. The number of nitrogens with one attached hydrogen (secondary N) is 2. The number of hydrogen-bond donors (Lipinski definition) is 3. The van der Waals surface area contributed by atoms with Crippen LogP contribution >= 0.6 is 0 Å². The van der Waals surface area contributed by atoms with Gasteiger partial charge in [-0.1, -0.05) is 11.2 Å². The third-order valence-corrected chi connectivity index (χ3v) is 6.56. The molecule has 4 atom stereocenters. The Labute approximate surface area is 193 Å².